The summed E-state index contributed by atoms with van der Waals surface area (Å²) in [5.74, 6) is 0.880. The van der Waals surface area contributed by atoms with Crippen molar-refractivity contribution in [1.29, 1.82) is 0 Å². The highest BCUT2D eigenvalue weighted by atomic mass is 16.5. The molecule has 0 N–H and O–H groups in total. The van der Waals surface area contributed by atoms with Crippen molar-refractivity contribution in [3.8, 4) is 28.0 Å². The molecule has 0 aromatic heterocycles. The van der Waals surface area contributed by atoms with Crippen molar-refractivity contribution < 1.29 is 4.74 Å². The van der Waals surface area contributed by atoms with Gasteiger partial charge in [-0.3, -0.25) is 0 Å². The maximum atomic E-state index is 5.44. The Balaban J connectivity index is 1.60. The molecule has 0 aliphatic carbocycles. The Kier molecular flexibility index (Phi) is 4.75. The standard InChI is InChI=1S/C35H24O/c1-36-27-20-19-24-21-26(18-17-25(24)22-27)34-30-12-4-6-14-32(30)35(33-15-7-5-13-31(33)34)29-16-8-10-23-9-2-3-11-28(23)29/h2-22H,1H3. The predicted octanol–water partition coefficient (Wildman–Crippen LogP) is 9.64. The quantitative estimate of drug-likeness (QED) is 0.238. The summed E-state index contributed by atoms with van der Waals surface area (Å²) < 4.78 is 5.44. The molecule has 36 heavy (non-hydrogen) atoms. The van der Waals surface area contributed by atoms with Crippen LogP contribution in [0.2, 0.25) is 0 Å². The summed E-state index contributed by atoms with van der Waals surface area (Å²) in [4.78, 5) is 0. The van der Waals surface area contributed by atoms with Crippen LogP contribution in [0.3, 0.4) is 0 Å². The second-order valence-corrected chi connectivity index (χ2v) is 9.30. The van der Waals surface area contributed by atoms with Gasteiger partial charge in [0.1, 0.15) is 5.75 Å². The van der Waals surface area contributed by atoms with Crippen molar-refractivity contribution in [3.63, 3.8) is 0 Å². The van der Waals surface area contributed by atoms with Crippen LogP contribution in [0.15, 0.2) is 127 Å². The number of ether oxygens (including phenoxy) is 1. The van der Waals surface area contributed by atoms with Crippen LogP contribution in [-0.2, 0) is 0 Å². The fourth-order valence-corrected chi connectivity index (χ4v) is 5.68. The molecule has 0 fully saturated rings. The minimum atomic E-state index is 0.880. The summed E-state index contributed by atoms with van der Waals surface area (Å²) in [6.07, 6.45) is 0. The largest absolute Gasteiger partial charge is 0.497 e. The number of fused-ring (bicyclic) bond motifs is 4. The van der Waals surface area contributed by atoms with Gasteiger partial charge in [-0.1, -0.05) is 109 Å². The van der Waals surface area contributed by atoms with Crippen LogP contribution in [0, 0.1) is 0 Å². The summed E-state index contributed by atoms with van der Waals surface area (Å²) in [5.41, 5.74) is 5.08. The smallest absolute Gasteiger partial charge is 0.119 e. The molecule has 1 heteroatoms. The first-order valence-corrected chi connectivity index (χ1v) is 12.3. The van der Waals surface area contributed by atoms with E-state index in [0.717, 1.165) is 5.75 Å². The Bertz CT molecular complexity index is 1870. The average Bonchev–Trinajstić information content (AvgIpc) is 2.95. The lowest BCUT2D eigenvalue weighted by molar-refractivity contribution is 0.415. The Morgan fingerprint density at radius 1 is 0.417 bits per heavy atom. The molecule has 0 aliphatic rings. The van der Waals surface area contributed by atoms with Crippen LogP contribution in [0.5, 0.6) is 5.75 Å². The average molecular weight is 461 g/mol. The highest BCUT2D eigenvalue weighted by Crippen LogP contribution is 2.45. The van der Waals surface area contributed by atoms with Gasteiger partial charge in [0, 0.05) is 0 Å². The Morgan fingerprint density at radius 2 is 0.972 bits per heavy atom. The Hall–Kier alpha value is -4.62. The summed E-state index contributed by atoms with van der Waals surface area (Å²) in [6.45, 7) is 0. The van der Waals surface area contributed by atoms with E-state index in [1.807, 2.05) is 6.07 Å². The van der Waals surface area contributed by atoms with Crippen LogP contribution in [0.25, 0.3) is 65.3 Å². The molecule has 0 aliphatic heterocycles. The Labute approximate surface area is 210 Å². The molecule has 7 rings (SSSR count). The normalized spacial score (nSPS) is 11.5. The zero-order valence-electron chi connectivity index (χ0n) is 20.0. The second kappa shape index (κ2) is 8.25. The zero-order valence-corrected chi connectivity index (χ0v) is 20.0. The van der Waals surface area contributed by atoms with Crippen molar-refractivity contribution >= 4 is 43.1 Å². The summed E-state index contributed by atoms with van der Waals surface area (Å²) in [7, 11) is 1.71. The minimum absolute atomic E-state index is 0.880. The molecule has 7 aromatic carbocycles. The maximum Gasteiger partial charge on any atom is 0.119 e. The number of methoxy groups -OCH3 is 1. The van der Waals surface area contributed by atoms with E-state index < -0.39 is 0 Å². The lowest BCUT2D eigenvalue weighted by atomic mass is 9.84. The minimum Gasteiger partial charge on any atom is -0.497 e. The molecule has 0 radical (unpaired) electrons. The van der Waals surface area contributed by atoms with Crippen molar-refractivity contribution in [2.24, 2.45) is 0 Å². The van der Waals surface area contributed by atoms with Gasteiger partial charge in [-0.15, -0.1) is 0 Å². The van der Waals surface area contributed by atoms with E-state index in [9.17, 15) is 0 Å². The van der Waals surface area contributed by atoms with E-state index in [4.69, 9.17) is 4.74 Å². The van der Waals surface area contributed by atoms with Crippen LogP contribution in [-0.4, -0.2) is 7.11 Å². The number of benzene rings is 7. The SMILES string of the molecule is COc1ccc2cc(-c3c4ccccc4c(-c4cccc5ccccc45)c4ccccc34)ccc2c1. The van der Waals surface area contributed by atoms with Crippen molar-refractivity contribution in [2.75, 3.05) is 7.11 Å². The van der Waals surface area contributed by atoms with Gasteiger partial charge in [0.25, 0.3) is 0 Å². The fourth-order valence-electron chi connectivity index (χ4n) is 5.68. The monoisotopic (exact) mass is 460 g/mol. The molecule has 0 saturated heterocycles. The Morgan fingerprint density at radius 3 is 1.67 bits per heavy atom. The van der Waals surface area contributed by atoms with Crippen LogP contribution < -0.4 is 4.74 Å². The first kappa shape index (κ1) is 20.7. The number of hydrogen-bond acceptors (Lipinski definition) is 1. The molecule has 0 saturated carbocycles. The highest BCUT2D eigenvalue weighted by Gasteiger charge is 2.17. The van der Waals surface area contributed by atoms with Gasteiger partial charge < -0.3 is 4.74 Å². The van der Waals surface area contributed by atoms with Crippen LogP contribution in [0.4, 0.5) is 0 Å². The summed E-state index contributed by atoms with van der Waals surface area (Å²) in [6, 6.07) is 46.0. The van der Waals surface area contributed by atoms with Gasteiger partial charge in [-0.2, -0.15) is 0 Å². The van der Waals surface area contributed by atoms with Gasteiger partial charge in [-0.05, 0) is 83.5 Å². The molecule has 0 unspecified atom stereocenters. The predicted molar refractivity (Wildman–Crippen MR) is 154 cm³/mol. The molecule has 170 valence electrons. The van der Waals surface area contributed by atoms with E-state index in [0.29, 0.717) is 0 Å². The van der Waals surface area contributed by atoms with E-state index >= 15 is 0 Å². The third-order valence-corrected chi connectivity index (χ3v) is 7.33. The van der Waals surface area contributed by atoms with Crippen LogP contribution >= 0.6 is 0 Å². The van der Waals surface area contributed by atoms with Gasteiger partial charge >= 0.3 is 0 Å². The first-order chi connectivity index (χ1) is 17.8. The molecule has 0 amide bonds. The lowest BCUT2D eigenvalue weighted by Gasteiger charge is -2.19. The molecule has 0 spiro atoms. The highest BCUT2D eigenvalue weighted by molar-refractivity contribution is 6.23. The number of hydrogen-bond donors (Lipinski definition) is 0. The first-order valence-electron chi connectivity index (χ1n) is 12.3. The molecule has 0 heterocycles. The number of rotatable bonds is 3. The topological polar surface area (TPSA) is 9.23 Å². The second-order valence-electron chi connectivity index (χ2n) is 9.30. The summed E-state index contributed by atoms with van der Waals surface area (Å²) in [5, 5.41) is 10.0. The van der Waals surface area contributed by atoms with E-state index in [2.05, 4.69) is 121 Å². The lowest BCUT2D eigenvalue weighted by Crippen LogP contribution is -1.91. The van der Waals surface area contributed by atoms with E-state index in [-0.39, 0.29) is 0 Å². The van der Waals surface area contributed by atoms with Gasteiger partial charge in [0.15, 0.2) is 0 Å². The van der Waals surface area contributed by atoms with Crippen molar-refractivity contribution in [2.45, 2.75) is 0 Å². The van der Waals surface area contributed by atoms with Crippen molar-refractivity contribution in [3.05, 3.63) is 127 Å². The molecule has 1 nitrogen and oxygen atoms in total. The van der Waals surface area contributed by atoms with Gasteiger partial charge in [0.2, 0.25) is 0 Å². The zero-order chi connectivity index (χ0) is 24.1. The molecule has 7 aromatic rings. The molecule has 0 atom stereocenters. The third kappa shape index (κ3) is 3.17. The van der Waals surface area contributed by atoms with Crippen LogP contribution in [0.1, 0.15) is 0 Å². The van der Waals surface area contributed by atoms with Crippen molar-refractivity contribution in [1.82, 2.24) is 0 Å². The molecule has 0 bridgehead atoms. The van der Waals surface area contributed by atoms with E-state index in [1.54, 1.807) is 7.11 Å². The molecular weight excluding hydrogens is 436 g/mol. The van der Waals surface area contributed by atoms with Gasteiger partial charge in [-0.25, -0.2) is 0 Å². The maximum absolute atomic E-state index is 5.44. The van der Waals surface area contributed by atoms with E-state index in [1.165, 1.54) is 65.3 Å². The molecular formula is C35H24O. The third-order valence-electron chi connectivity index (χ3n) is 7.33. The summed E-state index contributed by atoms with van der Waals surface area (Å²) >= 11 is 0. The van der Waals surface area contributed by atoms with Gasteiger partial charge in [0.05, 0.1) is 7.11 Å². The fraction of sp³-hybridized carbons (Fsp3) is 0.0286.